The van der Waals surface area contributed by atoms with Crippen LogP contribution in [0.2, 0.25) is 0 Å². The molecule has 1 saturated heterocycles. The van der Waals surface area contributed by atoms with Crippen molar-refractivity contribution in [3.05, 3.63) is 53.9 Å². The first kappa shape index (κ1) is 23.9. The number of ether oxygens (including phenoxy) is 1. The van der Waals surface area contributed by atoms with E-state index in [4.69, 9.17) is 14.7 Å². The molecule has 2 aromatic carbocycles. The van der Waals surface area contributed by atoms with Gasteiger partial charge in [-0.15, -0.1) is 0 Å². The maximum absolute atomic E-state index is 5.66. The monoisotopic (exact) mass is 473 g/mol. The molecule has 3 aromatic rings. The molecule has 1 aliphatic heterocycles. The predicted molar refractivity (Wildman–Crippen MR) is 145 cm³/mol. The van der Waals surface area contributed by atoms with Crippen LogP contribution in [0.1, 0.15) is 49.9 Å². The number of benzene rings is 2. The molecule has 0 spiro atoms. The molecule has 0 radical (unpaired) electrons. The van der Waals surface area contributed by atoms with Gasteiger partial charge in [0.1, 0.15) is 17.4 Å². The average Bonchev–Trinajstić information content (AvgIpc) is 3.64. The summed E-state index contributed by atoms with van der Waals surface area (Å²) in [6.45, 7) is 6.29. The number of para-hydroxylation sites is 1. The van der Waals surface area contributed by atoms with Gasteiger partial charge in [-0.05, 0) is 75.5 Å². The molecule has 1 aromatic heterocycles. The lowest BCUT2D eigenvalue weighted by molar-refractivity contribution is 0.397. The van der Waals surface area contributed by atoms with Crippen molar-refractivity contribution in [2.75, 3.05) is 64.2 Å². The van der Waals surface area contributed by atoms with Crippen LogP contribution < -0.4 is 14.5 Å². The van der Waals surface area contributed by atoms with Gasteiger partial charge in [0.25, 0.3) is 0 Å². The van der Waals surface area contributed by atoms with Crippen molar-refractivity contribution in [1.82, 2.24) is 14.9 Å². The maximum atomic E-state index is 5.66. The summed E-state index contributed by atoms with van der Waals surface area (Å²) in [7, 11) is 8.18. The lowest BCUT2D eigenvalue weighted by atomic mass is 9.88. The Morgan fingerprint density at radius 1 is 1.00 bits per heavy atom. The minimum atomic E-state index is 0.139. The number of nitrogens with zero attached hydrogens (tertiary/aromatic N) is 5. The van der Waals surface area contributed by atoms with E-state index in [2.05, 4.69) is 85.2 Å². The number of aromatic nitrogens is 2. The van der Waals surface area contributed by atoms with Crippen LogP contribution >= 0.6 is 0 Å². The van der Waals surface area contributed by atoms with Crippen molar-refractivity contribution in [3.63, 3.8) is 0 Å². The fourth-order valence-electron chi connectivity index (χ4n) is 5.14. The molecule has 186 valence electrons. The van der Waals surface area contributed by atoms with Gasteiger partial charge in [-0.2, -0.15) is 0 Å². The summed E-state index contributed by atoms with van der Waals surface area (Å²) < 4.78 is 5.66. The number of methoxy groups -OCH3 is 1. The Hall–Kier alpha value is -2.86. The summed E-state index contributed by atoms with van der Waals surface area (Å²) in [5.74, 6) is 3.65. The van der Waals surface area contributed by atoms with Crippen LogP contribution in [0.5, 0.6) is 5.75 Å². The number of anilines is 2. The van der Waals surface area contributed by atoms with Crippen LogP contribution in [-0.4, -0.2) is 69.3 Å². The first-order valence-electron chi connectivity index (χ1n) is 12.9. The molecule has 1 saturated carbocycles. The second kappa shape index (κ2) is 9.65. The highest BCUT2D eigenvalue weighted by Crippen LogP contribution is 2.47. The molecule has 6 heteroatoms. The third-order valence-electron chi connectivity index (χ3n) is 7.90. The quantitative estimate of drug-likeness (QED) is 0.455. The molecular formula is C29H39N5O. The Kier molecular flexibility index (Phi) is 6.58. The number of fused-ring (bicyclic) bond motifs is 1. The number of hydrogen-bond acceptors (Lipinski definition) is 6. The summed E-state index contributed by atoms with van der Waals surface area (Å²) in [5.41, 5.74) is 3.76. The van der Waals surface area contributed by atoms with Gasteiger partial charge in [-0.25, -0.2) is 9.97 Å². The van der Waals surface area contributed by atoms with Crippen LogP contribution in [0.25, 0.3) is 10.9 Å². The van der Waals surface area contributed by atoms with Crippen molar-refractivity contribution < 1.29 is 4.74 Å². The fraction of sp³-hybridized carbons (Fsp3) is 0.517. The van der Waals surface area contributed by atoms with Crippen molar-refractivity contribution >= 4 is 22.4 Å². The van der Waals surface area contributed by atoms with Crippen molar-refractivity contribution in [2.24, 2.45) is 0 Å². The topological polar surface area (TPSA) is 44.7 Å². The fourth-order valence-corrected chi connectivity index (χ4v) is 5.14. The van der Waals surface area contributed by atoms with Crippen molar-refractivity contribution in [1.29, 1.82) is 0 Å². The first-order chi connectivity index (χ1) is 16.9. The van der Waals surface area contributed by atoms with E-state index >= 15 is 0 Å². The summed E-state index contributed by atoms with van der Waals surface area (Å²) in [6, 6.07) is 15.2. The van der Waals surface area contributed by atoms with Crippen LogP contribution in [0.4, 0.5) is 11.5 Å². The van der Waals surface area contributed by atoms with E-state index in [1.165, 1.54) is 29.5 Å². The molecular weight excluding hydrogens is 434 g/mol. The molecule has 6 nitrogen and oxygen atoms in total. The molecule has 2 aliphatic rings. The van der Waals surface area contributed by atoms with Crippen LogP contribution in [-0.2, 0) is 5.41 Å². The Balaban J connectivity index is 1.45. The van der Waals surface area contributed by atoms with E-state index in [9.17, 15) is 0 Å². The molecule has 0 amide bonds. The zero-order valence-corrected chi connectivity index (χ0v) is 21.9. The molecule has 35 heavy (non-hydrogen) atoms. The highest BCUT2D eigenvalue weighted by Gasteiger charge is 2.42. The van der Waals surface area contributed by atoms with E-state index in [0.29, 0.717) is 5.92 Å². The van der Waals surface area contributed by atoms with Crippen LogP contribution in [0.15, 0.2) is 42.5 Å². The first-order valence-corrected chi connectivity index (χ1v) is 12.9. The number of piperidine rings is 1. The maximum Gasteiger partial charge on any atom is 0.140 e. The molecule has 0 atom stereocenters. The van der Waals surface area contributed by atoms with Gasteiger partial charge in [-0.3, -0.25) is 0 Å². The second-order valence-electron chi connectivity index (χ2n) is 10.9. The standard InChI is InChI=1S/C29H39N5O/c1-29(14-15-29)28-30-25-11-10-22(33(4)19-18-32(2)3)20-24(25)27(31-28)34-16-12-21(13-17-34)23-8-6-7-9-26(23)35-5/h6-11,20-21H,12-19H2,1-5H3. The molecule has 1 aliphatic carbocycles. The molecule has 0 unspecified atom stereocenters. The number of likely N-dealkylation sites (N-methyl/N-ethyl adjacent to an activating group) is 2. The van der Waals surface area contributed by atoms with Gasteiger partial charge in [0.05, 0.1) is 12.6 Å². The smallest absolute Gasteiger partial charge is 0.140 e. The largest absolute Gasteiger partial charge is 0.496 e. The van der Waals surface area contributed by atoms with Gasteiger partial charge >= 0.3 is 0 Å². The Morgan fingerprint density at radius 2 is 1.74 bits per heavy atom. The van der Waals surface area contributed by atoms with Crippen LogP contribution in [0.3, 0.4) is 0 Å². The lowest BCUT2D eigenvalue weighted by Gasteiger charge is -2.34. The highest BCUT2D eigenvalue weighted by atomic mass is 16.5. The molecule has 0 bridgehead atoms. The minimum Gasteiger partial charge on any atom is -0.496 e. The van der Waals surface area contributed by atoms with Gasteiger partial charge in [0.2, 0.25) is 0 Å². The Bertz CT molecular complexity index is 1180. The number of rotatable bonds is 8. The predicted octanol–water partition coefficient (Wildman–Crippen LogP) is 5.07. The zero-order chi connectivity index (χ0) is 24.6. The van der Waals surface area contributed by atoms with Gasteiger partial charge in [0.15, 0.2) is 0 Å². The molecule has 2 heterocycles. The van der Waals surface area contributed by atoms with Gasteiger partial charge in [-0.1, -0.05) is 25.1 Å². The van der Waals surface area contributed by atoms with E-state index < -0.39 is 0 Å². The highest BCUT2D eigenvalue weighted by molar-refractivity contribution is 5.92. The Labute approximate surface area is 209 Å². The normalized spacial score (nSPS) is 17.7. The summed E-state index contributed by atoms with van der Waals surface area (Å²) in [6.07, 6.45) is 4.56. The molecule has 5 rings (SSSR count). The Morgan fingerprint density at radius 3 is 2.43 bits per heavy atom. The third kappa shape index (κ3) is 4.94. The molecule has 0 N–H and O–H groups in total. The van der Waals surface area contributed by atoms with Crippen molar-refractivity contribution in [3.8, 4) is 5.75 Å². The van der Waals surface area contributed by atoms with Crippen molar-refractivity contribution in [2.45, 2.75) is 43.9 Å². The summed E-state index contributed by atoms with van der Waals surface area (Å²) >= 11 is 0. The SMILES string of the molecule is COc1ccccc1C1CCN(c2nc(C3(C)CC3)nc3ccc(N(C)CCN(C)C)cc23)CC1. The summed E-state index contributed by atoms with van der Waals surface area (Å²) in [4.78, 5) is 17.3. The zero-order valence-electron chi connectivity index (χ0n) is 21.9. The average molecular weight is 474 g/mol. The second-order valence-corrected chi connectivity index (χ2v) is 10.9. The van der Waals surface area contributed by atoms with Gasteiger partial charge < -0.3 is 19.4 Å². The van der Waals surface area contributed by atoms with E-state index in [1.54, 1.807) is 7.11 Å². The van der Waals surface area contributed by atoms with E-state index in [1.807, 2.05) is 0 Å². The van der Waals surface area contributed by atoms with E-state index in [0.717, 1.165) is 61.9 Å². The number of hydrogen-bond donors (Lipinski definition) is 0. The van der Waals surface area contributed by atoms with Crippen LogP contribution in [0, 0.1) is 0 Å². The minimum absolute atomic E-state index is 0.139. The lowest BCUT2D eigenvalue weighted by Crippen LogP contribution is -2.34. The van der Waals surface area contributed by atoms with E-state index in [-0.39, 0.29) is 5.41 Å². The summed E-state index contributed by atoms with van der Waals surface area (Å²) in [5, 5.41) is 1.17. The molecule has 2 fully saturated rings. The van der Waals surface area contributed by atoms with Gasteiger partial charge in [0, 0.05) is 49.7 Å². The third-order valence-corrected chi connectivity index (χ3v) is 7.90.